The van der Waals surface area contributed by atoms with Crippen molar-refractivity contribution in [1.82, 2.24) is 9.97 Å². The lowest BCUT2D eigenvalue weighted by Gasteiger charge is -2.08. The highest BCUT2D eigenvalue weighted by molar-refractivity contribution is 6.38. The lowest BCUT2D eigenvalue weighted by molar-refractivity contribution is 1.18. The van der Waals surface area contributed by atoms with Gasteiger partial charge in [0, 0.05) is 10.6 Å². The first kappa shape index (κ1) is 14.3. The summed E-state index contributed by atoms with van der Waals surface area (Å²) in [6, 6.07) is 16.8. The van der Waals surface area contributed by atoms with Gasteiger partial charge in [0.15, 0.2) is 5.82 Å². The molecule has 0 aliphatic heterocycles. The number of hydrogen-bond acceptors (Lipinski definition) is 2. The van der Waals surface area contributed by atoms with Crippen LogP contribution in [0.5, 0.6) is 0 Å². The second kappa shape index (κ2) is 6.02. The average Bonchev–Trinajstić information content (AvgIpc) is 2.49. The number of halogens is 3. The quantitative estimate of drug-likeness (QED) is 0.555. The van der Waals surface area contributed by atoms with Crippen molar-refractivity contribution in [3.8, 4) is 22.5 Å². The molecule has 0 saturated carbocycles. The van der Waals surface area contributed by atoms with E-state index in [1.807, 2.05) is 42.5 Å². The summed E-state index contributed by atoms with van der Waals surface area (Å²) >= 11 is 18.5. The Labute approximate surface area is 137 Å². The van der Waals surface area contributed by atoms with Crippen molar-refractivity contribution in [3.63, 3.8) is 0 Å². The lowest BCUT2D eigenvalue weighted by Crippen LogP contribution is -1.94. The third kappa shape index (κ3) is 3.03. The highest BCUT2D eigenvalue weighted by atomic mass is 35.5. The Bertz CT molecular complexity index is 748. The number of nitrogens with zero attached hydrogens (tertiary/aromatic N) is 2. The molecule has 0 radical (unpaired) electrons. The SMILES string of the molecule is Clc1ccc(-c2c(Cl)nc(-c3ccccc3)nc2Cl)cc1. The molecule has 3 aromatic rings. The smallest absolute Gasteiger partial charge is 0.162 e. The molecule has 0 spiro atoms. The fourth-order valence-corrected chi connectivity index (χ4v) is 2.71. The summed E-state index contributed by atoms with van der Waals surface area (Å²) in [5.74, 6) is 0.503. The first-order valence-electron chi connectivity index (χ1n) is 6.19. The Morgan fingerprint density at radius 1 is 0.619 bits per heavy atom. The van der Waals surface area contributed by atoms with Crippen molar-refractivity contribution in [2.45, 2.75) is 0 Å². The molecule has 0 amide bonds. The van der Waals surface area contributed by atoms with Gasteiger partial charge in [-0.15, -0.1) is 0 Å². The summed E-state index contributed by atoms with van der Waals surface area (Å²) in [5.41, 5.74) is 2.30. The van der Waals surface area contributed by atoms with Crippen molar-refractivity contribution in [2.24, 2.45) is 0 Å². The average molecular weight is 336 g/mol. The molecule has 2 aromatic carbocycles. The van der Waals surface area contributed by atoms with E-state index in [0.29, 0.717) is 26.7 Å². The number of hydrogen-bond donors (Lipinski definition) is 0. The minimum absolute atomic E-state index is 0.316. The molecular weight excluding hydrogens is 327 g/mol. The highest BCUT2D eigenvalue weighted by Crippen LogP contribution is 2.34. The van der Waals surface area contributed by atoms with Crippen LogP contribution in [0.25, 0.3) is 22.5 Å². The van der Waals surface area contributed by atoms with E-state index in [0.717, 1.165) is 11.1 Å². The second-order valence-electron chi connectivity index (χ2n) is 4.38. The molecule has 21 heavy (non-hydrogen) atoms. The molecule has 3 rings (SSSR count). The topological polar surface area (TPSA) is 25.8 Å². The van der Waals surface area contributed by atoms with Crippen molar-refractivity contribution < 1.29 is 0 Å². The van der Waals surface area contributed by atoms with Gasteiger partial charge < -0.3 is 0 Å². The fourth-order valence-electron chi connectivity index (χ4n) is 1.98. The molecule has 0 aliphatic rings. The Hall–Kier alpha value is -1.61. The third-order valence-corrected chi connectivity index (χ3v) is 3.78. The van der Waals surface area contributed by atoms with E-state index < -0.39 is 0 Å². The summed E-state index contributed by atoms with van der Waals surface area (Å²) in [7, 11) is 0. The molecule has 2 nitrogen and oxygen atoms in total. The van der Waals surface area contributed by atoms with E-state index in [9.17, 15) is 0 Å². The van der Waals surface area contributed by atoms with Gasteiger partial charge in [0.2, 0.25) is 0 Å². The Morgan fingerprint density at radius 3 is 1.76 bits per heavy atom. The molecule has 0 bridgehead atoms. The van der Waals surface area contributed by atoms with Crippen LogP contribution >= 0.6 is 34.8 Å². The molecule has 5 heteroatoms. The standard InChI is InChI=1S/C16H9Cl3N2/c17-12-8-6-10(7-9-12)13-14(18)20-16(21-15(13)19)11-4-2-1-3-5-11/h1-9H. The van der Waals surface area contributed by atoms with Gasteiger partial charge in [0.05, 0.1) is 5.56 Å². The van der Waals surface area contributed by atoms with E-state index in [1.165, 1.54) is 0 Å². The van der Waals surface area contributed by atoms with Crippen LogP contribution < -0.4 is 0 Å². The first-order valence-corrected chi connectivity index (χ1v) is 7.33. The van der Waals surface area contributed by atoms with Crippen LogP contribution in [0.2, 0.25) is 15.3 Å². The summed E-state index contributed by atoms with van der Waals surface area (Å²) in [6.45, 7) is 0. The maximum Gasteiger partial charge on any atom is 0.162 e. The first-order chi connectivity index (χ1) is 10.1. The molecular formula is C16H9Cl3N2. The van der Waals surface area contributed by atoms with Crippen LogP contribution in [0.15, 0.2) is 54.6 Å². The van der Waals surface area contributed by atoms with Gasteiger partial charge in [-0.1, -0.05) is 77.3 Å². The van der Waals surface area contributed by atoms with E-state index in [4.69, 9.17) is 34.8 Å². The Kier molecular flexibility index (Phi) is 4.11. The van der Waals surface area contributed by atoms with Gasteiger partial charge in [-0.3, -0.25) is 0 Å². The van der Waals surface area contributed by atoms with Crippen molar-refractivity contribution in [2.75, 3.05) is 0 Å². The van der Waals surface area contributed by atoms with E-state index in [2.05, 4.69) is 9.97 Å². The summed E-state index contributed by atoms with van der Waals surface area (Å²) in [4.78, 5) is 8.68. The van der Waals surface area contributed by atoms with Crippen LogP contribution in [-0.2, 0) is 0 Å². The summed E-state index contributed by atoms with van der Waals surface area (Å²) < 4.78 is 0. The van der Waals surface area contributed by atoms with E-state index >= 15 is 0 Å². The normalized spacial score (nSPS) is 10.6. The molecule has 1 heterocycles. The molecule has 0 N–H and O–H groups in total. The van der Waals surface area contributed by atoms with Gasteiger partial charge in [0.25, 0.3) is 0 Å². The van der Waals surface area contributed by atoms with Crippen molar-refractivity contribution in [3.05, 3.63) is 69.9 Å². The number of aromatic nitrogens is 2. The van der Waals surface area contributed by atoms with Gasteiger partial charge in [-0.05, 0) is 17.7 Å². The number of benzene rings is 2. The minimum atomic E-state index is 0.316. The fraction of sp³-hybridized carbons (Fsp3) is 0. The largest absolute Gasteiger partial charge is 0.216 e. The monoisotopic (exact) mass is 334 g/mol. The Morgan fingerprint density at radius 2 is 1.19 bits per heavy atom. The van der Waals surface area contributed by atoms with Crippen LogP contribution in [0.3, 0.4) is 0 Å². The van der Waals surface area contributed by atoms with Crippen LogP contribution in [0, 0.1) is 0 Å². The number of rotatable bonds is 2. The molecule has 1 aromatic heterocycles. The van der Waals surface area contributed by atoms with E-state index in [-0.39, 0.29) is 0 Å². The van der Waals surface area contributed by atoms with Crippen LogP contribution in [0.4, 0.5) is 0 Å². The predicted octanol–water partition coefficient (Wildman–Crippen LogP) is 5.77. The molecule has 0 saturated heterocycles. The summed E-state index contributed by atoms with van der Waals surface area (Å²) in [5, 5.41) is 1.28. The van der Waals surface area contributed by atoms with Gasteiger partial charge >= 0.3 is 0 Å². The van der Waals surface area contributed by atoms with Gasteiger partial charge in [-0.2, -0.15) is 0 Å². The molecule has 104 valence electrons. The van der Waals surface area contributed by atoms with Crippen LogP contribution in [0.1, 0.15) is 0 Å². The lowest BCUT2D eigenvalue weighted by atomic mass is 10.1. The van der Waals surface area contributed by atoms with Gasteiger partial charge in [-0.25, -0.2) is 9.97 Å². The maximum absolute atomic E-state index is 6.29. The second-order valence-corrected chi connectivity index (χ2v) is 5.53. The van der Waals surface area contributed by atoms with Crippen molar-refractivity contribution in [1.29, 1.82) is 0 Å². The molecule has 0 unspecified atom stereocenters. The van der Waals surface area contributed by atoms with Crippen molar-refractivity contribution >= 4 is 34.8 Å². The zero-order chi connectivity index (χ0) is 14.8. The minimum Gasteiger partial charge on any atom is -0.216 e. The summed E-state index contributed by atoms with van der Waals surface area (Å²) in [6.07, 6.45) is 0. The zero-order valence-electron chi connectivity index (χ0n) is 10.7. The molecule has 0 fully saturated rings. The predicted molar refractivity (Wildman–Crippen MR) is 87.9 cm³/mol. The highest BCUT2D eigenvalue weighted by Gasteiger charge is 2.14. The molecule has 0 atom stereocenters. The maximum atomic E-state index is 6.29. The van der Waals surface area contributed by atoms with E-state index in [1.54, 1.807) is 12.1 Å². The third-order valence-electron chi connectivity index (χ3n) is 2.99. The van der Waals surface area contributed by atoms with Crippen LogP contribution in [-0.4, -0.2) is 9.97 Å². The Balaban J connectivity index is 2.11. The zero-order valence-corrected chi connectivity index (χ0v) is 13.0. The van der Waals surface area contributed by atoms with Gasteiger partial charge in [0.1, 0.15) is 10.3 Å². The molecule has 0 aliphatic carbocycles.